The van der Waals surface area contributed by atoms with Crippen LogP contribution in [-0.2, 0) is 4.79 Å². The third kappa shape index (κ3) is 3.06. The molecule has 6 N–H and O–H groups in total. The van der Waals surface area contributed by atoms with Crippen LogP contribution >= 0.6 is 0 Å². The summed E-state index contributed by atoms with van der Waals surface area (Å²) < 4.78 is 37.9. The van der Waals surface area contributed by atoms with Gasteiger partial charge in [0.15, 0.2) is 0 Å². The lowest BCUT2D eigenvalue weighted by Crippen LogP contribution is -2.43. The van der Waals surface area contributed by atoms with E-state index in [1.165, 1.54) is 5.01 Å². The third-order valence-corrected chi connectivity index (χ3v) is 3.34. The fourth-order valence-corrected chi connectivity index (χ4v) is 2.01. The number of nitrogens with two attached hydrogens (primary N) is 3. The van der Waals surface area contributed by atoms with Gasteiger partial charge in [-0.05, 0) is 18.8 Å². The lowest BCUT2D eigenvalue weighted by atomic mass is 9.83. The van der Waals surface area contributed by atoms with Crippen molar-refractivity contribution in [1.82, 2.24) is 5.01 Å². The number of hydrazine groups is 1. The normalized spacial score (nSPS) is 25.8. The smallest absolute Gasteiger partial charge is 0.391 e. The molecule has 1 aliphatic rings. The van der Waals surface area contributed by atoms with Crippen LogP contribution in [0.2, 0.25) is 0 Å². The van der Waals surface area contributed by atoms with Gasteiger partial charge in [-0.3, -0.25) is 4.79 Å². The number of hydrogen-bond donors (Lipinski definition) is 3. The molecule has 5 nitrogen and oxygen atoms in total. The summed E-state index contributed by atoms with van der Waals surface area (Å²) in [5.41, 5.74) is 10.4. The molecule has 1 rings (SSSR count). The van der Waals surface area contributed by atoms with E-state index in [-0.39, 0.29) is 24.4 Å². The van der Waals surface area contributed by atoms with Crippen LogP contribution in [0.4, 0.5) is 13.2 Å². The summed E-state index contributed by atoms with van der Waals surface area (Å²) in [6, 6.07) is 0. The van der Waals surface area contributed by atoms with Gasteiger partial charge < -0.3 is 16.5 Å². The molecule has 18 heavy (non-hydrogen) atoms. The third-order valence-electron chi connectivity index (χ3n) is 3.34. The van der Waals surface area contributed by atoms with Crippen molar-refractivity contribution < 1.29 is 18.0 Å². The molecule has 0 aromatic carbocycles. The van der Waals surface area contributed by atoms with Crippen LogP contribution in [-0.4, -0.2) is 23.6 Å². The first-order valence-electron chi connectivity index (χ1n) is 5.52. The Morgan fingerprint density at radius 3 is 2.44 bits per heavy atom. The van der Waals surface area contributed by atoms with E-state index in [0.29, 0.717) is 6.42 Å². The Labute approximate surface area is 103 Å². The van der Waals surface area contributed by atoms with Crippen LogP contribution in [0.3, 0.4) is 0 Å². The average molecular weight is 266 g/mol. The van der Waals surface area contributed by atoms with E-state index >= 15 is 0 Å². The zero-order valence-corrected chi connectivity index (χ0v) is 10.00. The number of allylic oxidation sites excluding steroid dienone is 1. The molecule has 0 aromatic heterocycles. The molecule has 2 atom stereocenters. The fourth-order valence-electron chi connectivity index (χ4n) is 2.01. The van der Waals surface area contributed by atoms with Crippen molar-refractivity contribution in [2.45, 2.75) is 25.9 Å². The maximum absolute atomic E-state index is 12.6. The molecular weight excluding hydrogens is 249 g/mol. The first-order valence-corrected chi connectivity index (χ1v) is 5.52. The van der Waals surface area contributed by atoms with Crippen LogP contribution in [0.5, 0.6) is 0 Å². The van der Waals surface area contributed by atoms with Gasteiger partial charge in [0.1, 0.15) is 5.70 Å². The summed E-state index contributed by atoms with van der Waals surface area (Å²) in [5, 5.41) is 1.19. The van der Waals surface area contributed by atoms with Gasteiger partial charge in [0.25, 0.3) is 5.91 Å². The number of piperidine rings is 1. The minimum atomic E-state index is -4.27. The molecule has 0 aromatic rings. The standard InChI is InChI=1S/C10H17F3N4O/c1-5(10(11,12)13)6-2-3-17(16)7(4-6)8(14)9(15)18/h5-6H,2-4,14,16H2,1H3,(H2,15,18)/b8-7-. The fraction of sp³-hybridized carbons (Fsp3) is 0.700. The van der Waals surface area contributed by atoms with E-state index in [9.17, 15) is 18.0 Å². The zero-order valence-electron chi connectivity index (χ0n) is 10.00. The number of nitrogens with zero attached hydrogens (tertiary/aromatic N) is 1. The number of rotatable bonds is 2. The van der Waals surface area contributed by atoms with Gasteiger partial charge in [-0.1, -0.05) is 6.92 Å². The first kappa shape index (κ1) is 14.6. The molecular formula is C10H17F3N4O. The lowest BCUT2D eigenvalue weighted by molar-refractivity contribution is -0.185. The number of hydrogen-bond acceptors (Lipinski definition) is 4. The van der Waals surface area contributed by atoms with Gasteiger partial charge in [-0.15, -0.1) is 0 Å². The average Bonchev–Trinajstić information content (AvgIpc) is 2.26. The summed E-state index contributed by atoms with van der Waals surface area (Å²) in [4.78, 5) is 11.0. The van der Waals surface area contributed by atoms with E-state index in [4.69, 9.17) is 17.3 Å². The highest BCUT2D eigenvalue weighted by atomic mass is 19.4. The zero-order chi connectivity index (χ0) is 14.1. The van der Waals surface area contributed by atoms with Crippen molar-refractivity contribution in [2.24, 2.45) is 29.1 Å². The van der Waals surface area contributed by atoms with E-state index < -0.39 is 23.9 Å². The minimum absolute atomic E-state index is 0.00590. The van der Waals surface area contributed by atoms with Gasteiger partial charge >= 0.3 is 6.18 Å². The highest BCUT2D eigenvalue weighted by molar-refractivity contribution is 5.91. The van der Waals surface area contributed by atoms with Crippen LogP contribution in [0.25, 0.3) is 0 Å². The molecule has 0 bridgehead atoms. The largest absolute Gasteiger partial charge is 0.393 e. The molecule has 1 saturated heterocycles. The molecule has 1 aliphatic heterocycles. The molecule has 2 unspecified atom stereocenters. The molecule has 0 aliphatic carbocycles. The van der Waals surface area contributed by atoms with Gasteiger partial charge in [0, 0.05) is 6.54 Å². The number of carbonyl (C=O) groups is 1. The van der Waals surface area contributed by atoms with Gasteiger partial charge in [0.2, 0.25) is 0 Å². The van der Waals surface area contributed by atoms with Crippen LogP contribution in [0.15, 0.2) is 11.4 Å². The number of carbonyl (C=O) groups excluding carboxylic acids is 1. The summed E-state index contributed by atoms with van der Waals surface area (Å²) >= 11 is 0. The van der Waals surface area contributed by atoms with Crippen molar-refractivity contribution in [1.29, 1.82) is 0 Å². The van der Waals surface area contributed by atoms with Crippen molar-refractivity contribution in [3.8, 4) is 0 Å². The van der Waals surface area contributed by atoms with Crippen LogP contribution in [0.1, 0.15) is 19.8 Å². The quantitative estimate of drug-likeness (QED) is 0.498. The molecule has 0 spiro atoms. The predicted octanol–water partition coefficient (Wildman–Crippen LogP) is 0.426. The monoisotopic (exact) mass is 266 g/mol. The number of halogens is 3. The highest BCUT2D eigenvalue weighted by Gasteiger charge is 2.43. The first-order chi connectivity index (χ1) is 8.14. The summed E-state index contributed by atoms with van der Waals surface area (Å²) in [6.45, 7) is 1.34. The Hall–Kier alpha value is -1.44. The second kappa shape index (κ2) is 5.05. The van der Waals surface area contributed by atoms with Crippen LogP contribution in [0, 0.1) is 11.8 Å². The molecule has 8 heteroatoms. The van der Waals surface area contributed by atoms with Gasteiger partial charge in [-0.2, -0.15) is 13.2 Å². The predicted molar refractivity (Wildman–Crippen MR) is 59.2 cm³/mol. The molecule has 1 heterocycles. The molecule has 1 amide bonds. The second-order valence-corrected chi connectivity index (χ2v) is 4.50. The Morgan fingerprint density at radius 1 is 1.44 bits per heavy atom. The molecule has 104 valence electrons. The van der Waals surface area contributed by atoms with Crippen LogP contribution < -0.4 is 17.3 Å². The minimum Gasteiger partial charge on any atom is -0.393 e. The molecule has 0 radical (unpaired) electrons. The highest BCUT2D eigenvalue weighted by Crippen LogP contribution is 2.39. The topological polar surface area (TPSA) is 98.4 Å². The van der Waals surface area contributed by atoms with Crippen molar-refractivity contribution in [3.05, 3.63) is 11.4 Å². The molecule has 0 saturated carbocycles. The van der Waals surface area contributed by atoms with Crippen molar-refractivity contribution in [2.75, 3.05) is 6.54 Å². The van der Waals surface area contributed by atoms with E-state index in [1.807, 2.05) is 0 Å². The Morgan fingerprint density at radius 2 is 2.00 bits per heavy atom. The summed E-state index contributed by atoms with van der Waals surface area (Å²) in [5.74, 6) is 2.61. The Kier molecular flexibility index (Phi) is 4.10. The van der Waals surface area contributed by atoms with Crippen molar-refractivity contribution in [3.63, 3.8) is 0 Å². The van der Waals surface area contributed by atoms with Gasteiger partial charge in [0.05, 0.1) is 11.6 Å². The Bertz CT molecular complexity index is 367. The number of primary amides is 1. The van der Waals surface area contributed by atoms with E-state index in [1.54, 1.807) is 0 Å². The van der Waals surface area contributed by atoms with E-state index in [2.05, 4.69) is 0 Å². The summed E-state index contributed by atoms with van der Waals surface area (Å²) in [6.07, 6.45) is -3.97. The number of alkyl halides is 3. The number of amides is 1. The maximum atomic E-state index is 12.6. The maximum Gasteiger partial charge on any atom is 0.391 e. The van der Waals surface area contributed by atoms with Crippen molar-refractivity contribution >= 4 is 5.91 Å². The lowest BCUT2D eigenvalue weighted by Gasteiger charge is -2.36. The Balaban J connectivity index is 2.92. The van der Waals surface area contributed by atoms with Gasteiger partial charge in [-0.25, -0.2) is 5.84 Å². The summed E-state index contributed by atoms with van der Waals surface area (Å²) in [7, 11) is 0. The van der Waals surface area contributed by atoms with E-state index in [0.717, 1.165) is 6.92 Å². The second-order valence-electron chi connectivity index (χ2n) is 4.50. The SMILES string of the molecule is CC(C1CCN(N)/C(=C(\N)C(N)=O)C1)C(F)(F)F. The molecule has 1 fully saturated rings.